The molecule has 1 saturated heterocycles. The Hall–Kier alpha value is -1.43. The normalized spacial score (nSPS) is 15.9. The lowest BCUT2D eigenvalue weighted by Crippen LogP contribution is -2.42. The summed E-state index contributed by atoms with van der Waals surface area (Å²) in [6.07, 6.45) is -0.759. The Balaban J connectivity index is 0.00000480. The van der Waals surface area contributed by atoms with E-state index < -0.39 is 12.7 Å². The topological polar surface area (TPSA) is 58.1 Å². The van der Waals surface area contributed by atoms with Gasteiger partial charge in [0, 0.05) is 20.1 Å². The first kappa shape index (κ1) is 27.6. The van der Waals surface area contributed by atoms with Gasteiger partial charge in [-0.3, -0.25) is 9.89 Å². The first-order valence-corrected chi connectivity index (χ1v) is 10.3. The average molecular weight is 558 g/mol. The summed E-state index contributed by atoms with van der Waals surface area (Å²) in [4.78, 5) is 5.73. The number of benzene rings is 1. The van der Waals surface area contributed by atoms with Crippen molar-refractivity contribution < 1.29 is 22.6 Å². The first-order chi connectivity index (χ1) is 14.3. The standard InChI is InChI=1S/C21H33F3N4O2.HI/c1-25-20(27-11-7-17-4-5-18(29-2)19(14-17)30-3)26-10-6-16-8-12-28(13-9-16)15-21(22,23)24;/h4-5,14,16H,6-13,15H2,1-3H3,(H2,25,26,27);1H. The fourth-order valence-corrected chi connectivity index (χ4v) is 3.66. The van der Waals surface area contributed by atoms with Crippen molar-refractivity contribution in [3.63, 3.8) is 0 Å². The number of aliphatic imine (C=N–C) groups is 1. The Labute approximate surface area is 200 Å². The van der Waals surface area contributed by atoms with Crippen LogP contribution in [0.3, 0.4) is 0 Å². The third-order valence-corrected chi connectivity index (χ3v) is 5.33. The molecule has 0 radical (unpaired) electrons. The van der Waals surface area contributed by atoms with Crippen LogP contribution >= 0.6 is 24.0 Å². The van der Waals surface area contributed by atoms with Crippen molar-refractivity contribution in [3.8, 4) is 11.5 Å². The zero-order valence-electron chi connectivity index (χ0n) is 18.4. The highest BCUT2D eigenvalue weighted by Crippen LogP contribution is 2.27. The van der Waals surface area contributed by atoms with Gasteiger partial charge in [-0.2, -0.15) is 13.2 Å². The van der Waals surface area contributed by atoms with Gasteiger partial charge in [-0.1, -0.05) is 6.07 Å². The van der Waals surface area contributed by atoms with Crippen LogP contribution < -0.4 is 20.1 Å². The van der Waals surface area contributed by atoms with Crippen LogP contribution in [0.1, 0.15) is 24.8 Å². The maximum absolute atomic E-state index is 12.5. The van der Waals surface area contributed by atoms with Gasteiger partial charge in [0.15, 0.2) is 17.5 Å². The summed E-state index contributed by atoms with van der Waals surface area (Å²) in [5, 5.41) is 6.58. The largest absolute Gasteiger partial charge is 0.493 e. The second kappa shape index (κ2) is 13.9. The Morgan fingerprint density at radius 1 is 1.10 bits per heavy atom. The maximum atomic E-state index is 12.5. The molecule has 1 aromatic carbocycles. The second-order valence-electron chi connectivity index (χ2n) is 7.49. The molecule has 0 spiro atoms. The first-order valence-electron chi connectivity index (χ1n) is 10.3. The number of piperidine rings is 1. The summed E-state index contributed by atoms with van der Waals surface area (Å²) in [6.45, 7) is 1.70. The summed E-state index contributed by atoms with van der Waals surface area (Å²) < 4.78 is 48.0. The quantitative estimate of drug-likeness (QED) is 0.275. The van der Waals surface area contributed by atoms with Crippen LogP contribution in [0.5, 0.6) is 11.5 Å². The minimum atomic E-state index is -4.11. The Bertz CT molecular complexity index is 681. The molecule has 0 bridgehead atoms. The van der Waals surface area contributed by atoms with E-state index in [1.807, 2.05) is 18.2 Å². The number of rotatable bonds is 9. The van der Waals surface area contributed by atoms with E-state index in [1.165, 1.54) is 4.90 Å². The minimum Gasteiger partial charge on any atom is -0.493 e. The molecular formula is C21H34F3IN4O2. The number of nitrogens with zero attached hydrogens (tertiary/aromatic N) is 2. The number of methoxy groups -OCH3 is 2. The van der Waals surface area contributed by atoms with Crippen molar-refractivity contribution in [2.45, 2.75) is 31.9 Å². The molecule has 2 N–H and O–H groups in total. The van der Waals surface area contributed by atoms with Gasteiger partial charge in [0.05, 0.1) is 20.8 Å². The third kappa shape index (κ3) is 10.2. The van der Waals surface area contributed by atoms with E-state index in [-0.39, 0.29) is 24.0 Å². The van der Waals surface area contributed by atoms with Crippen LogP contribution in [0, 0.1) is 5.92 Å². The van der Waals surface area contributed by atoms with Crippen LogP contribution in [0.2, 0.25) is 0 Å². The molecule has 0 unspecified atom stereocenters. The summed E-state index contributed by atoms with van der Waals surface area (Å²) in [5.74, 6) is 2.59. The van der Waals surface area contributed by atoms with Gasteiger partial charge in [-0.15, -0.1) is 24.0 Å². The van der Waals surface area contributed by atoms with Crippen molar-refractivity contribution in [2.75, 3.05) is 54.0 Å². The molecule has 178 valence electrons. The number of hydrogen-bond acceptors (Lipinski definition) is 4. The van der Waals surface area contributed by atoms with E-state index in [9.17, 15) is 13.2 Å². The fourth-order valence-electron chi connectivity index (χ4n) is 3.66. The Morgan fingerprint density at radius 3 is 2.32 bits per heavy atom. The lowest BCUT2D eigenvalue weighted by molar-refractivity contribution is -0.148. The van der Waals surface area contributed by atoms with Gasteiger partial charge in [-0.25, -0.2) is 0 Å². The SMILES string of the molecule is CN=C(NCCc1ccc(OC)c(OC)c1)NCCC1CCN(CC(F)(F)F)CC1.I. The summed E-state index contributed by atoms with van der Waals surface area (Å²) in [7, 11) is 4.95. The minimum absolute atomic E-state index is 0. The highest BCUT2D eigenvalue weighted by Gasteiger charge is 2.32. The molecule has 1 aliphatic heterocycles. The number of hydrogen-bond donors (Lipinski definition) is 2. The zero-order chi connectivity index (χ0) is 22.0. The van der Waals surface area contributed by atoms with Crippen LogP contribution in [-0.2, 0) is 6.42 Å². The number of ether oxygens (including phenoxy) is 2. The molecule has 10 heteroatoms. The average Bonchev–Trinajstić information content (AvgIpc) is 2.72. The Morgan fingerprint density at radius 2 is 1.74 bits per heavy atom. The van der Waals surface area contributed by atoms with Crippen LogP contribution in [0.25, 0.3) is 0 Å². The number of likely N-dealkylation sites (tertiary alicyclic amines) is 1. The van der Waals surface area contributed by atoms with Crippen LogP contribution in [-0.4, -0.2) is 71.0 Å². The summed E-state index contributed by atoms with van der Waals surface area (Å²) in [6, 6.07) is 5.85. The molecule has 31 heavy (non-hydrogen) atoms. The van der Waals surface area contributed by atoms with Gasteiger partial charge < -0.3 is 20.1 Å². The van der Waals surface area contributed by atoms with Crippen LogP contribution in [0.4, 0.5) is 13.2 Å². The molecular weight excluding hydrogens is 524 g/mol. The Kier molecular flexibility index (Phi) is 12.3. The van der Waals surface area contributed by atoms with Crippen molar-refractivity contribution in [2.24, 2.45) is 10.9 Å². The van der Waals surface area contributed by atoms with Gasteiger partial charge in [0.25, 0.3) is 0 Å². The van der Waals surface area contributed by atoms with E-state index in [1.54, 1.807) is 21.3 Å². The molecule has 0 aromatic heterocycles. The van der Waals surface area contributed by atoms with Gasteiger partial charge in [-0.05, 0) is 62.4 Å². The number of nitrogens with one attached hydrogen (secondary N) is 2. The van der Waals surface area contributed by atoms with Crippen molar-refractivity contribution in [3.05, 3.63) is 23.8 Å². The molecule has 1 fully saturated rings. The van der Waals surface area contributed by atoms with E-state index in [0.29, 0.717) is 37.1 Å². The maximum Gasteiger partial charge on any atom is 0.401 e. The summed E-state index contributed by atoms with van der Waals surface area (Å²) in [5.41, 5.74) is 1.13. The van der Waals surface area contributed by atoms with E-state index in [2.05, 4.69) is 15.6 Å². The van der Waals surface area contributed by atoms with Crippen molar-refractivity contribution in [1.29, 1.82) is 0 Å². The molecule has 6 nitrogen and oxygen atoms in total. The van der Waals surface area contributed by atoms with Gasteiger partial charge in [0.2, 0.25) is 0 Å². The third-order valence-electron chi connectivity index (χ3n) is 5.33. The molecule has 2 rings (SSSR count). The monoisotopic (exact) mass is 558 g/mol. The smallest absolute Gasteiger partial charge is 0.401 e. The van der Waals surface area contributed by atoms with Crippen molar-refractivity contribution >= 4 is 29.9 Å². The number of guanidine groups is 1. The van der Waals surface area contributed by atoms with Crippen molar-refractivity contribution in [1.82, 2.24) is 15.5 Å². The molecule has 0 aliphatic carbocycles. The number of halogens is 4. The van der Waals surface area contributed by atoms with E-state index in [0.717, 1.165) is 43.8 Å². The molecule has 1 heterocycles. The molecule has 0 saturated carbocycles. The molecule has 0 atom stereocenters. The molecule has 1 aromatic rings. The van der Waals surface area contributed by atoms with E-state index in [4.69, 9.17) is 9.47 Å². The molecule has 1 aliphatic rings. The van der Waals surface area contributed by atoms with Gasteiger partial charge >= 0.3 is 6.18 Å². The predicted octanol–water partition coefficient (Wildman–Crippen LogP) is 3.69. The number of alkyl halides is 3. The fraction of sp³-hybridized carbons (Fsp3) is 0.667. The summed E-state index contributed by atoms with van der Waals surface area (Å²) >= 11 is 0. The van der Waals surface area contributed by atoms with E-state index >= 15 is 0 Å². The highest BCUT2D eigenvalue weighted by atomic mass is 127. The van der Waals surface area contributed by atoms with Gasteiger partial charge in [0.1, 0.15) is 0 Å². The predicted molar refractivity (Wildman–Crippen MR) is 128 cm³/mol. The van der Waals surface area contributed by atoms with Crippen LogP contribution in [0.15, 0.2) is 23.2 Å². The lowest BCUT2D eigenvalue weighted by atomic mass is 9.93. The zero-order valence-corrected chi connectivity index (χ0v) is 20.8. The molecule has 0 amide bonds. The highest BCUT2D eigenvalue weighted by molar-refractivity contribution is 14.0. The lowest BCUT2D eigenvalue weighted by Gasteiger charge is -2.32. The second-order valence-corrected chi connectivity index (χ2v) is 7.49.